The van der Waals surface area contributed by atoms with Gasteiger partial charge in [0.25, 0.3) is 0 Å². The first kappa shape index (κ1) is 18.5. The van der Waals surface area contributed by atoms with Crippen molar-refractivity contribution in [3.63, 3.8) is 0 Å². The monoisotopic (exact) mass is 387 g/mol. The molecule has 7 nitrogen and oxygen atoms in total. The number of aromatic nitrogens is 2. The lowest BCUT2D eigenvalue weighted by Gasteiger charge is -2.11. The highest BCUT2D eigenvalue weighted by Crippen LogP contribution is 2.35. The van der Waals surface area contributed by atoms with Crippen molar-refractivity contribution in [3.05, 3.63) is 33.4 Å². The molecule has 0 spiro atoms. The van der Waals surface area contributed by atoms with Gasteiger partial charge in [-0.2, -0.15) is 10.4 Å². The fraction of sp³-hybridized carbons (Fsp3) is 0.286. The summed E-state index contributed by atoms with van der Waals surface area (Å²) in [5, 5.41) is 13.7. The minimum Gasteiger partial charge on any atom is -0.382 e. The second kappa shape index (κ2) is 6.61. The van der Waals surface area contributed by atoms with Crippen LogP contribution >= 0.6 is 23.2 Å². The van der Waals surface area contributed by atoms with E-state index in [9.17, 15) is 13.7 Å². The predicted octanol–water partition coefficient (Wildman–Crippen LogP) is 2.66. The Morgan fingerprint density at radius 1 is 1.33 bits per heavy atom. The van der Waals surface area contributed by atoms with Crippen LogP contribution in [0.3, 0.4) is 0 Å². The van der Waals surface area contributed by atoms with Gasteiger partial charge in [-0.1, -0.05) is 37.0 Å². The minimum atomic E-state index is -3.71. The Bertz CT molecular complexity index is 922. The van der Waals surface area contributed by atoms with Crippen molar-refractivity contribution >= 4 is 39.0 Å². The highest BCUT2D eigenvalue weighted by Gasteiger charge is 2.23. The van der Waals surface area contributed by atoms with Gasteiger partial charge in [-0.15, -0.1) is 0 Å². The number of sulfonamides is 1. The SMILES string of the molecule is CNS(=O)(=O)c1cc(Cl)c(-n2nc(C(C)C)c(C#N)c2N)c(Cl)c1. The van der Waals surface area contributed by atoms with E-state index in [0.717, 1.165) is 0 Å². The molecule has 2 aromatic rings. The Hall–Kier alpha value is -1.79. The zero-order valence-corrected chi connectivity index (χ0v) is 15.5. The Morgan fingerprint density at radius 3 is 2.25 bits per heavy atom. The van der Waals surface area contributed by atoms with E-state index in [1.807, 2.05) is 19.9 Å². The van der Waals surface area contributed by atoms with Crippen molar-refractivity contribution in [2.24, 2.45) is 0 Å². The highest BCUT2D eigenvalue weighted by molar-refractivity contribution is 7.89. The molecule has 0 aliphatic carbocycles. The van der Waals surface area contributed by atoms with Gasteiger partial charge in [-0.3, -0.25) is 0 Å². The Balaban J connectivity index is 2.74. The lowest BCUT2D eigenvalue weighted by Crippen LogP contribution is -2.18. The minimum absolute atomic E-state index is 0.0373. The van der Waals surface area contributed by atoms with Crippen LogP contribution in [0.25, 0.3) is 5.69 Å². The fourth-order valence-electron chi connectivity index (χ4n) is 2.16. The molecule has 128 valence electrons. The van der Waals surface area contributed by atoms with Crippen molar-refractivity contribution in [1.29, 1.82) is 5.26 Å². The maximum Gasteiger partial charge on any atom is 0.240 e. The van der Waals surface area contributed by atoms with E-state index in [-0.39, 0.29) is 37.9 Å². The smallest absolute Gasteiger partial charge is 0.240 e. The number of anilines is 1. The summed E-state index contributed by atoms with van der Waals surface area (Å²) < 4.78 is 27.2. The number of nitrogens with two attached hydrogens (primary N) is 1. The number of hydrogen-bond acceptors (Lipinski definition) is 5. The number of hydrogen-bond donors (Lipinski definition) is 2. The molecule has 0 unspecified atom stereocenters. The third-order valence-electron chi connectivity index (χ3n) is 3.39. The van der Waals surface area contributed by atoms with Gasteiger partial charge in [0.05, 0.1) is 20.6 Å². The van der Waals surface area contributed by atoms with Gasteiger partial charge >= 0.3 is 0 Å². The number of nitrogens with zero attached hydrogens (tertiary/aromatic N) is 3. The van der Waals surface area contributed by atoms with Crippen LogP contribution in [-0.4, -0.2) is 25.2 Å². The van der Waals surface area contributed by atoms with Gasteiger partial charge in [0.2, 0.25) is 10.0 Å². The summed E-state index contributed by atoms with van der Waals surface area (Å²) in [7, 11) is -2.42. The van der Waals surface area contributed by atoms with E-state index in [4.69, 9.17) is 28.9 Å². The van der Waals surface area contributed by atoms with Crippen LogP contribution in [0.1, 0.15) is 31.0 Å². The van der Waals surface area contributed by atoms with Gasteiger partial charge in [-0.05, 0) is 25.1 Å². The number of nitrogens with one attached hydrogen (secondary N) is 1. The molecule has 24 heavy (non-hydrogen) atoms. The molecule has 0 saturated carbocycles. The third kappa shape index (κ3) is 3.08. The average molecular weight is 388 g/mol. The lowest BCUT2D eigenvalue weighted by atomic mass is 10.1. The van der Waals surface area contributed by atoms with Crippen LogP contribution in [0.15, 0.2) is 17.0 Å². The van der Waals surface area contributed by atoms with Crippen molar-refractivity contribution in [2.75, 3.05) is 12.8 Å². The summed E-state index contributed by atoms with van der Waals surface area (Å²) in [5.74, 6) is 0.0546. The first-order valence-electron chi connectivity index (χ1n) is 6.85. The summed E-state index contributed by atoms with van der Waals surface area (Å²) in [4.78, 5) is -0.0842. The second-order valence-corrected chi connectivity index (χ2v) is 7.97. The zero-order chi connectivity index (χ0) is 18.2. The lowest BCUT2D eigenvalue weighted by molar-refractivity contribution is 0.588. The molecule has 1 aromatic carbocycles. The maximum atomic E-state index is 11.9. The normalized spacial score (nSPS) is 11.7. The van der Waals surface area contributed by atoms with Crippen LogP contribution in [-0.2, 0) is 10.0 Å². The van der Waals surface area contributed by atoms with E-state index >= 15 is 0 Å². The molecule has 0 bridgehead atoms. The molecule has 10 heteroatoms. The van der Waals surface area contributed by atoms with E-state index < -0.39 is 10.0 Å². The first-order valence-corrected chi connectivity index (χ1v) is 9.09. The fourth-order valence-corrected chi connectivity index (χ4v) is 3.71. The van der Waals surface area contributed by atoms with E-state index in [1.165, 1.54) is 23.9 Å². The second-order valence-electron chi connectivity index (χ2n) is 5.27. The van der Waals surface area contributed by atoms with Crippen LogP contribution in [0, 0.1) is 11.3 Å². The topological polar surface area (TPSA) is 114 Å². The molecule has 0 aliphatic heterocycles. The molecule has 0 aliphatic rings. The number of nitriles is 1. The number of rotatable bonds is 4. The molecule has 1 aromatic heterocycles. The molecule has 3 N–H and O–H groups in total. The van der Waals surface area contributed by atoms with Crippen LogP contribution < -0.4 is 10.5 Å². The molecular weight excluding hydrogens is 373 g/mol. The first-order chi connectivity index (χ1) is 11.1. The molecule has 1 heterocycles. The molecular formula is C14H15Cl2N5O2S. The highest BCUT2D eigenvalue weighted by atomic mass is 35.5. The standard InChI is InChI=1S/C14H15Cl2N5O2S/c1-7(2)12-9(6-17)14(18)21(20-12)13-10(15)4-8(5-11(13)16)24(22,23)19-3/h4-5,7,19H,18H2,1-3H3. The maximum absolute atomic E-state index is 11.9. The van der Waals surface area contributed by atoms with Crippen LogP contribution in [0.5, 0.6) is 0 Å². The van der Waals surface area contributed by atoms with E-state index in [0.29, 0.717) is 5.69 Å². The van der Waals surface area contributed by atoms with Gasteiger partial charge in [-0.25, -0.2) is 17.8 Å². The van der Waals surface area contributed by atoms with Crippen LogP contribution in [0.2, 0.25) is 10.0 Å². The molecule has 0 fully saturated rings. The third-order valence-corrected chi connectivity index (χ3v) is 5.36. The Kier molecular flexibility index (Phi) is 5.11. The average Bonchev–Trinajstić information content (AvgIpc) is 2.83. The quantitative estimate of drug-likeness (QED) is 0.836. The molecule has 0 saturated heterocycles. The molecule has 0 atom stereocenters. The summed E-state index contributed by atoms with van der Waals surface area (Å²) in [6.07, 6.45) is 0. The summed E-state index contributed by atoms with van der Waals surface area (Å²) in [5.41, 5.74) is 6.97. The van der Waals surface area contributed by atoms with Crippen LogP contribution in [0.4, 0.5) is 5.82 Å². The van der Waals surface area contributed by atoms with E-state index in [2.05, 4.69) is 9.82 Å². The Morgan fingerprint density at radius 2 is 1.88 bits per heavy atom. The van der Waals surface area contributed by atoms with Crippen molar-refractivity contribution in [1.82, 2.24) is 14.5 Å². The van der Waals surface area contributed by atoms with Gasteiger partial charge in [0.15, 0.2) is 0 Å². The largest absolute Gasteiger partial charge is 0.382 e. The predicted molar refractivity (Wildman–Crippen MR) is 93.0 cm³/mol. The summed E-state index contributed by atoms with van der Waals surface area (Å²) in [6, 6.07) is 4.51. The van der Waals surface area contributed by atoms with Gasteiger partial charge < -0.3 is 5.73 Å². The van der Waals surface area contributed by atoms with Crippen molar-refractivity contribution in [3.8, 4) is 11.8 Å². The van der Waals surface area contributed by atoms with Gasteiger partial charge in [0, 0.05) is 0 Å². The summed E-state index contributed by atoms with van der Waals surface area (Å²) >= 11 is 12.4. The zero-order valence-electron chi connectivity index (χ0n) is 13.1. The molecule has 0 amide bonds. The van der Waals surface area contributed by atoms with Gasteiger partial charge in [0.1, 0.15) is 23.1 Å². The van der Waals surface area contributed by atoms with Crippen molar-refractivity contribution < 1.29 is 8.42 Å². The number of benzene rings is 1. The number of nitrogen functional groups attached to an aromatic ring is 1. The summed E-state index contributed by atoms with van der Waals surface area (Å²) in [6.45, 7) is 3.75. The van der Waals surface area contributed by atoms with E-state index in [1.54, 1.807) is 0 Å². The molecule has 2 rings (SSSR count). The number of halogens is 2. The molecule has 0 radical (unpaired) electrons. The Labute approximate surface area is 150 Å². The van der Waals surface area contributed by atoms with Crippen molar-refractivity contribution in [2.45, 2.75) is 24.7 Å².